The van der Waals surface area contributed by atoms with Gasteiger partial charge in [-0.25, -0.2) is 4.79 Å². The van der Waals surface area contributed by atoms with Gasteiger partial charge in [0.1, 0.15) is 6.10 Å². The van der Waals surface area contributed by atoms with Crippen molar-refractivity contribution in [3.63, 3.8) is 0 Å². The van der Waals surface area contributed by atoms with Crippen LogP contribution in [0.4, 0.5) is 0 Å². The fourth-order valence-electron chi connectivity index (χ4n) is 4.64. The number of rotatable bonds is 3. The maximum atomic E-state index is 13.2. The molecule has 0 bridgehead atoms. The van der Waals surface area contributed by atoms with Gasteiger partial charge in [-0.05, 0) is 63.1 Å². The van der Waals surface area contributed by atoms with Gasteiger partial charge in [-0.3, -0.25) is 4.79 Å². The smallest absolute Gasteiger partial charge is 0.337 e. The Kier molecular flexibility index (Phi) is 5.72. The lowest BCUT2D eigenvalue weighted by Crippen LogP contribution is -2.35. The normalized spacial score (nSPS) is 23.4. The molecule has 28 heavy (non-hydrogen) atoms. The van der Waals surface area contributed by atoms with Crippen LogP contribution in [0.5, 0.6) is 0 Å². The SMILES string of the molecule is CC1=C(C(=O)OC2CCCCC2)C(c2ccc(Br)cc2)C2=C(CCCC2=O)N1. The van der Waals surface area contributed by atoms with Crippen molar-refractivity contribution in [2.24, 2.45) is 0 Å². The number of nitrogens with one attached hydrogen (secondary N) is 1. The molecule has 4 nitrogen and oxygen atoms in total. The summed E-state index contributed by atoms with van der Waals surface area (Å²) in [7, 11) is 0. The molecule has 1 aliphatic heterocycles. The highest BCUT2D eigenvalue weighted by atomic mass is 79.9. The second kappa shape index (κ2) is 8.24. The van der Waals surface area contributed by atoms with Crippen molar-refractivity contribution in [1.29, 1.82) is 0 Å². The number of ketones is 1. The molecule has 1 aromatic carbocycles. The Hall–Kier alpha value is -1.88. The minimum Gasteiger partial charge on any atom is -0.459 e. The molecule has 4 rings (SSSR count). The minimum absolute atomic E-state index is 0.00967. The van der Waals surface area contributed by atoms with Crippen LogP contribution >= 0.6 is 15.9 Å². The molecule has 0 radical (unpaired) electrons. The highest BCUT2D eigenvalue weighted by Crippen LogP contribution is 2.43. The summed E-state index contributed by atoms with van der Waals surface area (Å²) in [6, 6.07) is 7.91. The number of allylic oxidation sites excluding steroid dienone is 3. The topological polar surface area (TPSA) is 55.4 Å². The second-order valence-electron chi connectivity index (χ2n) is 7.98. The zero-order chi connectivity index (χ0) is 19.7. The van der Waals surface area contributed by atoms with Crippen molar-refractivity contribution in [2.45, 2.75) is 70.3 Å². The van der Waals surface area contributed by atoms with Gasteiger partial charge in [0.2, 0.25) is 0 Å². The number of carbonyl (C=O) groups is 2. The molecule has 148 valence electrons. The Balaban J connectivity index is 1.72. The lowest BCUT2D eigenvalue weighted by atomic mass is 9.75. The average molecular weight is 444 g/mol. The van der Waals surface area contributed by atoms with Gasteiger partial charge in [0.15, 0.2) is 5.78 Å². The molecule has 0 spiro atoms. The van der Waals surface area contributed by atoms with E-state index in [1.807, 2.05) is 31.2 Å². The van der Waals surface area contributed by atoms with E-state index in [0.717, 1.165) is 65.5 Å². The van der Waals surface area contributed by atoms with Gasteiger partial charge in [-0.1, -0.05) is 34.5 Å². The Morgan fingerprint density at radius 1 is 1.07 bits per heavy atom. The molecule has 1 fully saturated rings. The molecule has 1 atom stereocenters. The molecule has 3 aliphatic rings. The first kappa shape index (κ1) is 19.4. The molecule has 1 aromatic rings. The number of esters is 1. The maximum Gasteiger partial charge on any atom is 0.337 e. The van der Waals surface area contributed by atoms with Crippen molar-refractivity contribution >= 4 is 27.7 Å². The van der Waals surface area contributed by atoms with E-state index in [0.29, 0.717) is 12.0 Å². The van der Waals surface area contributed by atoms with Gasteiger partial charge >= 0.3 is 5.97 Å². The molecule has 1 unspecified atom stereocenters. The average Bonchev–Trinajstić information content (AvgIpc) is 2.68. The fraction of sp³-hybridized carbons (Fsp3) is 0.478. The zero-order valence-corrected chi connectivity index (χ0v) is 17.8. The number of dihydropyridines is 1. The third-order valence-electron chi connectivity index (χ3n) is 6.03. The van der Waals surface area contributed by atoms with E-state index in [1.165, 1.54) is 6.42 Å². The van der Waals surface area contributed by atoms with E-state index in [2.05, 4.69) is 21.2 Å². The van der Waals surface area contributed by atoms with Crippen LogP contribution in [0, 0.1) is 0 Å². The van der Waals surface area contributed by atoms with Crippen LogP contribution in [-0.2, 0) is 14.3 Å². The molecule has 0 amide bonds. The third kappa shape index (κ3) is 3.82. The first-order valence-electron chi connectivity index (χ1n) is 10.2. The molecule has 2 aliphatic carbocycles. The quantitative estimate of drug-likeness (QED) is 0.644. The predicted octanol–water partition coefficient (Wildman–Crippen LogP) is 5.29. The van der Waals surface area contributed by atoms with Crippen LogP contribution in [0.3, 0.4) is 0 Å². The molecule has 1 saturated carbocycles. The summed E-state index contributed by atoms with van der Waals surface area (Å²) in [6.45, 7) is 1.92. The van der Waals surface area contributed by atoms with E-state index in [4.69, 9.17) is 4.74 Å². The standard InChI is InChI=1S/C23H26BrNO3/c1-14-20(23(27)28-17-6-3-2-4-7-17)21(15-10-12-16(24)13-11-15)22-18(25-14)8-5-9-19(22)26/h10-13,17,21,25H,2-9H2,1H3. The first-order chi connectivity index (χ1) is 13.5. The van der Waals surface area contributed by atoms with Crippen molar-refractivity contribution in [1.82, 2.24) is 5.32 Å². The van der Waals surface area contributed by atoms with Crippen LogP contribution in [-0.4, -0.2) is 17.9 Å². The molecular weight excluding hydrogens is 418 g/mol. The van der Waals surface area contributed by atoms with Gasteiger partial charge in [0.05, 0.1) is 5.57 Å². The Morgan fingerprint density at radius 2 is 1.79 bits per heavy atom. The fourth-order valence-corrected chi connectivity index (χ4v) is 4.90. The van der Waals surface area contributed by atoms with E-state index in [1.54, 1.807) is 0 Å². The lowest BCUT2D eigenvalue weighted by molar-refractivity contribution is -0.146. The highest BCUT2D eigenvalue weighted by Gasteiger charge is 2.39. The summed E-state index contributed by atoms with van der Waals surface area (Å²) >= 11 is 3.48. The molecule has 1 heterocycles. The number of hydrogen-bond donors (Lipinski definition) is 1. The molecule has 5 heteroatoms. The van der Waals surface area contributed by atoms with E-state index in [-0.39, 0.29) is 23.8 Å². The summed E-state index contributed by atoms with van der Waals surface area (Å²) in [6.07, 6.45) is 7.52. The number of Topliss-reactive ketones (excluding diaryl/α,β-unsaturated/α-hetero) is 1. The summed E-state index contributed by atoms with van der Waals surface area (Å²) in [5, 5.41) is 3.36. The van der Waals surface area contributed by atoms with Crippen molar-refractivity contribution in [3.05, 3.63) is 56.8 Å². The van der Waals surface area contributed by atoms with E-state index >= 15 is 0 Å². The molecular formula is C23H26BrNO3. The van der Waals surface area contributed by atoms with Crippen LogP contribution in [0.1, 0.15) is 69.8 Å². The van der Waals surface area contributed by atoms with E-state index < -0.39 is 0 Å². The Bertz CT molecular complexity index is 847. The van der Waals surface area contributed by atoms with Gasteiger partial charge in [-0.15, -0.1) is 0 Å². The van der Waals surface area contributed by atoms with Crippen molar-refractivity contribution in [3.8, 4) is 0 Å². The monoisotopic (exact) mass is 443 g/mol. The largest absolute Gasteiger partial charge is 0.459 e. The summed E-state index contributed by atoms with van der Waals surface area (Å²) in [4.78, 5) is 26.1. The number of carbonyl (C=O) groups excluding carboxylic acids is 2. The van der Waals surface area contributed by atoms with Gasteiger partial charge < -0.3 is 10.1 Å². The lowest BCUT2D eigenvalue weighted by Gasteiger charge is -2.35. The maximum absolute atomic E-state index is 13.2. The molecule has 1 N–H and O–H groups in total. The second-order valence-corrected chi connectivity index (χ2v) is 8.90. The predicted molar refractivity (Wildman–Crippen MR) is 112 cm³/mol. The Labute approximate surface area is 174 Å². The summed E-state index contributed by atoms with van der Waals surface area (Å²) in [5.41, 5.74) is 4.07. The molecule has 0 aromatic heterocycles. The number of halogens is 1. The number of hydrogen-bond acceptors (Lipinski definition) is 4. The van der Waals surface area contributed by atoms with Crippen LogP contribution in [0.2, 0.25) is 0 Å². The first-order valence-corrected chi connectivity index (χ1v) is 11.0. The van der Waals surface area contributed by atoms with Gasteiger partial charge in [0.25, 0.3) is 0 Å². The van der Waals surface area contributed by atoms with E-state index in [9.17, 15) is 9.59 Å². The van der Waals surface area contributed by atoms with Crippen LogP contribution in [0.25, 0.3) is 0 Å². The third-order valence-corrected chi connectivity index (χ3v) is 6.55. The minimum atomic E-state index is -0.353. The number of benzene rings is 1. The molecule has 0 saturated heterocycles. The van der Waals surface area contributed by atoms with Crippen LogP contribution < -0.4 is 5.32 Å². The van der Waals surface area contributed by atoms with Gasteiger partial charge in [-0.2, -0.15) is 0 Å². The summed E-state index contributed by atoms with van der Waals surface area (Å²) in [5.74, 6) is -0.500. The van der Waals surface area contributed by atoms with Gasteiger partial charge in [0, 0.05) is 33.8 Å². The van der Waals surface area contributed by atoms with Crippen molar-refractivity contribution < 1.29 is 14.3 Å². The number of ether oxygens (including phenoxy) is 1. The highest BCUT2D eigenvalue weighted by molar-refractivity contribution is 9.10. The zero-order valence-electron chi connectivity index (χ0n) is 16.2. The Morgan fingerprint density at radius 3 is 2.50 bits per heavy atom. The summed E-state index contributed by atoms with van der Waals surface area (Å²) < 4.78 is 6.89. The van der Waals surface area contributed by atoms with Crippen molar-refractivity contribution in [2.75, 3.05) is 0 Å². The van der Waals surface area contributed by atoms with Crippen LogP contribution in [0.15, 0.2) is 51.3 Å².